The Morgan fingerprint density at radius 1 is 1.07 bits per heavy atom. The Labute approximate surface area is 167 Å². The van der Waals surface area contributed by atoms with Crippen LogP contribution in [0.4, 0.5) is 5.69 Å². The van der Waals surface area contributed by atoms with Crippen LogP contribution < -0.4 is 10.6 Å². The van der Waals surface area contributed by atoms with Crippen molar-refractivity contribution in [2.24, 2.45) is 11.8 Å². The van der Waals surface area contributed by atoms with Gasteiger partial charge in [0.15, 0.2) is 0 Å². The van der Waals surface area contributed by atoms with Crippen molar-refractivity contribution in [2.45, 2.75) is 51.9 Å². The van der Waals surface area contributed by atoms with Crippen molar-refractivity contribution in [3.63, 3.8) is 0 Å². The number of amides is 3. The predicted molar refractivity (Wildman–Crippen MR) is 109 cm³/mol. The maximum absolute atomic E-state index is 12.9. The number of piperidine rings is 1. The Morgan fingerprint density at radius 2 is 1.86 bits per heavy atom. The fourth-order valence-electron chi connectivity index (χ4n) is 4.27. The Morgan fingerprint density at radius 3 is 2.61 bits per heavy atom. The summed E-state index contributed by atoms with van der Waals surface area (Å²) in [6.45, 7) is 3.33. The second-order valence-electron chi connectivity index (χ2n) is 8.10. The van der Waals surface area contributed by atoms with Crippen LogP contribution in [0.1, 0.15) is 62.2 Å². The lowest BCUT2D eigenvalue weighted by atomic mass is 9.89. The number of nitrogens with one attached hydrogen (secondary N) is 2. The van der Waals surface area contributed by atoms with Gasteiger partial charge < -0.3 is 15.5 Å². The molecule has 1 saturated carbocycles. The minimum Gasteiger partial charge on any atom is -0.356 e. The molecule has 2 N–H and O–H groups in total. The third-order valence-electron chi connectivity index (χ3n) is 5.80. The van der Waals surface area contributed by atoms with Crippen LogP contribution in [-0.2, 0) is 9.59 Å². The van der Waals surface area contributed by atoms with E-state index in [-0.39, 0.29) is 23.6 Å². The molecule has 2 fully saturated rings. The van der Waals surface area contributed by atoms with E-state index in [0.717, 1.165) is 19.4 Å². The summed E-state index contributed by atoms with van der Waals surface area (Å²) in [5, 5.41) is 5.83. The molecule has 1 aromatic rings. The van der Waals surface area contributed by atoms with Crippen molar-refractivity contribution >= 4 is 23.4 Å². The molecule has 2 aliphatic rings. The zero-order valence-corrected chi connectivity index (χ0v) is 16.7. The number of nitrogens with zero attached hydrogens (tertiary/aromatic N) is 1. The molecule has 28 heavy (non-hydrogen) atoms. The van der Waals surface area contributed by atoms with Gasteiger partial charge >= 0.3 is 0 Å². The van der Waals surface area contributed by atoms with Crippen molar-refractivity contribution in [3.8, 4) is 0 Å². The van der Waals surface area contributed by atoms with E-state index >= 15 is 0 Å². The zero-order chi connectivity index (χ0) is 19.9. The van der Waals surface area contributed by atoms with Gasteiger partial charge in [-0.25, -0.2) is 0 Å². The van der Waals surface area contributed by atoms with Gasteiger partial charge in [-0.1, -0.05) is 25.3 Å². The Bertz CT molecular complexity index is 713. The molecule has 6 nitrogen and oxygen atoms in total. The molecule has 1 aromatic carbocycles. The van der Waals surface area contributed by atoms with Gasteiger partial charge in [0.25, 0.3) is 5.91 Å². The number of benzene rings is 1. The number of hydrogen-bond donors (Lipinski definition) is 2. The van der Waals surface area contributed by atoms with Crippen LogP contribution in [0.3, 0.4) is 0 Å². The highest BCUT2D eigenvalue weighted by Gasteiger charge is 2.29. The van der Waals surface area contributed by atoms with E-state index < -0.39 is 0 Å². The highest BCUT2D eigenvalue weighted by molar-refractivity contribution is 5.97. The van der Waals surface area contributed by atoms with E-state index in [1.54, 1.807) is 29.2 Å². The van der Waals surface area contributed by atoms with Crippen LogP contribution in [0.25, 0.3) is 0 Å². The molecule has 1 heterocycles. The molecule has 3 amide bonds. The van der Waals surface area contributed by atoms with Gasteiger partial charge in [-0.3, -0.25) is 14.4 Å². The van der Waals surface area contributed by atoms with Crippen LogP contribution >= 0.6 is 0 Å². The fourth-order valence-corrected chi connectivity index (χ4v) is 4.27. The van der Waals surface area contributed by atoms with Gasteiger partial charge in [0, 0.05) is 37.8 Å². The van der Waals surface area contributed by atoms with E-state index in [2.05, 4.69) is 10.6 Å². The Kier molecular flexibility index (Phi) is 7.06. The lowest BCUT2D eigenvalue weighted by Gasteiger charge is -2.32. The van der Waals surface area contributed by atoms with E-state index in [4.69, 9.17) is 0 Å². The quantitative estimate of drug-likeness (QED) is 0.817. The second kappa shape index (κ2) is 9.71. The number of hydrogen-bond acceptors (Lipinski definition) is 3. The summed E-state index contributed by atoms with van der Waals surface area (Å²) in [5.74, 6) is 0.291. The average Bonchev–Trinajstić information content (AvgIpc) is 2.72. The molecule has 1 saturated heterocycles. The van der Waals surface area contributed by atoms with Gasteiger partial charge in [0.05, 0.1) is 5.92 Å². The first-order chi connectivity index (χ1) is 13.5. The monoisotopic (exact) mass is 385 g/mol. The minimum atomic E-state index is -0.169. The summed E-state index contributed by atoms with van der Waals surface area (Å²) < 4.78 is 0. The fraction of sp³-hybridized carbons (Fsp3) is 0.591. The number of anilines is 1. The smallest absolute Gasteiger partial charge is 0.253 e. The number of carbonyl (C=O) groups is 3. The summed E-state index contributed by atoms with van der Waals surface area (Å²) >= 11 is 0. The topological polar surface area (TPSA) is 78.5 Å². The maximum Gasteiger partial charge on any atom is 0.253 e. The predicted octanol–water partition coefficient (Wildman–Crippen LogP) is 3.19. The molecular formula is C22H31N3O3. The lowest BCUT2D eigenvalue weighted by Crippen LogP contribution is -2.46. The van der Waals surface area contributed by atoms with Crippen molar-refractivity contribution in [1.29, 1.82) is 0 Å². The number of likely N-dealkylation sites (tertiary alicyclic amines) is 1. The number of rotatable bonds is 5. The largest absolute Gasteiger partial charge is 0.356 e. The van der Waals surface area contributed by atoms with Crippen molar-refractivity contribution < 1.29 is 14.4 Å². The molecule has 0 radical (unpaired) electrons. The van der Waals surface area contributed by atoms with Crippen molar-refractivity contribution in [1.82, 2.24) is 10.2 Å². The minimum absolute atomic E-state index is 0.0788. The van der Waals surface area contributed by atoms with E-state index in [1.807, 2.05) is 0 Å². The average molecular weight is 386 g/mol. The standard InChI is InChI=1S/C22H31N3O3/c1-16(26)24-20-11-5-9-18(13-20)22(28)25-12-6-10-19(15-25)21(27)23-14-17-7-3-2-4-8-17/h5,9,11,13,17,19H,2-4,6-8,10,12,14-15H2,1H3,(H,23,27)(H,24,26)/t19-/m0/s1. The van der Waals surface area contributed by atoms with Crippen LogP contribution in [0.5, 0.6) is 0 Å². The zero-order valence-electron chi connectivity index (χ0n) is 16.7. The third-order valence-corrected chi connectivity index (χ3v) is 5.80. The van der Waals surface area contributed by atoms with Gasteiger partial charge in [-0.05, 0) is 49.8 Å². The van der Waals surface area contributed by atoms with E-state index in [9.17, 15) is 14.4 Å². The van der Waals surface area contributed by atoms with Gasteiger partial charge in [0.2, 0.25) is 11.8 Å². The molecular weight excluding hydrogens is 354 g/mol. The second-order valence-corrected chi connectivity index (χ2v) is 8.10. The summed E-state index contributed by atoms with van der Waals surface area (Å²) in [7, 11) is 0. The molecule has 0 aromatic heterocycles. The molecule has 1 aliphatic carbocycles. The lowest BCUT2D eigenvalue weighted by molar-refractivity contribution is -0.126. The van der Waals surface area contributed by atoms with Crippen molar-refractivity contribution in [2.75, 3.05) is 25.0 Å². The molecule has 1 aliphatic heterocycles. The SMILES string of the molecule is CC(=O)Nc1cccc(C(=O)N2CCC[C@H](C(=O)NCC3CCCCC3)C2)c1. The van der Waals surface area contributed by atoms with E-state index in [0.29, 0.717) is 30.3 Å². The number of carbonyl (C=O) groups excluding carboxylic acids is 3. The van der Waals surface area contributed by atoms with Crippen LogP contribution in [-0.4, -0.2) is 42.3 Å². The highest BCUT2D eigenvalue weighted by Crippen LogP contribution is 2.24. The molecule has 3 rings (SSSR count). The molecule has 0 spiro atoms. The molecule has 0 bridgehead atoms. The summed E-state index contributed by atoms with van der Waals surface area (Å²) in [4.78, 5) is 38.5. The van der Waals surface area contributed by atoms with Gasteiger partial charge in [0.1, 0.15) is 0 Å². The molecule has 1 atom stereocenters. The molecule has 0 unspecified atom stereocenters. The Balaban J connectivity index is 1.55. The van der Waals surface area contributed by atoms with Crippen LogP contribution in [0, 0.1) is 11.8 Å². The van der Waals surface area contributed by atoms with Gasteiger partial charge in [-0.2, -0.15) is 0 Å². The van der Waals surface area contributed by atoms with E-state index in [1.165, 1.54) is 39.0 Å². The normalized spacial score (nSPS) is 20.5. The van der Waals surface area contributed by atoms with Gasteiger partial charge in [-0.15, -0.1) is 0 Å². The Hall–Kier alpha value is -2.37. The van der Waals surface area contributed by atoms with Crippen LogP contribution in [0.2, 0.25) is 0 Å². The summed E-state index contributed by atoms with van der Waals surface area (Å²) in [5.41, 5.74) is 1.15. The third kappa shape index (κ3) is 5.57. The highest BCUT2D eigenvalue weighted by atomic mass is 16.2. The maximum atomic E-state index is 12.9. The van der Waals surface area contributed by atoms with Crippen LogP contribution in [0.15, 0.2) is 24.3 Å². The summed E-state index contributed by atoms with van der Waals surface area (Å²) in [6, 6.07) is 6.96. The first kappa shape index (κ1) is 20.4. The first-order valence-corrected chi connectivity index (χ1v) is 10.5. The first-order valence-electron chi connectivity index (χ1n) is 10.5. The molecule has 152 valence electrons. The summed E-state index contributed by atoms with van der Waals surface area (Å²) in [6.07, 6.45) is 7.92. The van der Waals surface area contributed by atoms with Crippen molar-refractivity contribution in [3.05, 3.63) is 29.8 Å². The molecule has 6 heteroatoms.